The zero-order valence-electron chi connectivity index (χ0n) is 16.7. The Hall–Kier alpha value is -1.03. The summed E-state index contributed by atoms with van der Waals surface area (Å²) in [6.07, 6.45) is 3.36. The molecule has 0 unspecified atom stereocenters. The van der Waals surface area contributed by atoms with E-state index in [1.165, 1.54) is 0 Å². The molecule has 0 atom stereocenters. The van der Waals surface area contributed by atoms with Crippen LogP contribution in [0.4, 0.5) is 0 Å². The van der Waals surface area contributed by atoms with Crippen LogP contribution in [0.3, 0.4) is 0 Å². The largest absolute Gasteiger partial charge is 0.460 e. The van der Waals surface area contributed by atoms with Gasteiger partial charge in [0.25, 0.3) is 0 Å². The molecule has 27 heavy (non-hydrogen) atoms. The van der Waals surface area contributed by atoms with Crippen molar-refractivity contribution in [3.8, 4) is 0 Å². The Labute approximate surface area is 163 Å². The summed E-state index contributed by atoms with van der Waals surface area (Å²) in [6, 6.07) is 0. The first-order chi connectivity index (χ1) is 13.3. The van der Waals surface area contributed by atoms with Gasteiger partial charge in [-0.05, 0) is 6.42 Å². The van der Waals surface area contributed by atoms with Crippen molar-refractivity contribution < 1.29 is 38.0 Å². The van der Waals surface area contributed by atoms with E-state index in [-0.39, 0.29) is 6.61 Å². The van der Waals surface area contributed by atoms with Crippen LogP contribution in [0.5, 0.6) is 0 Å². The Bertz CT molecular complexity index is 325. The van der Waals surface area contributed by atoms with Crippen LogP contribution in [0.1, 0.15) is 19.8 Å². The van der Waals surface area contributed by atoms with Crippen molar-refractivity contribution in [3.63, 3.8) is 0 Å². The van der Waals surface area contributed by atoms with Gasteiger partial charge in [0.05, 0.1) is 72.7 Å². The number of carbonyl (C=O) groups excluding carboxylic acids is 1. The fraction of sp³-hybridized carbons (Fsp3) is 0.842. The molecule has 0 aromatic heterocycles. The zero-order chi connectivity index (χ0) is 19.8. The Morgan fingerprint density at radius 1 is 0.630 bits per heavy atom. The smallest absolute Gasteiger partial charge is 0.330 e. The molecule has 8 nitrogen and oxygen atoms in total. The number of carbonyl (C=O) groups is 1. The number of ether oxygens (including phenoxy) is 7. The summed E-state index contributed by atoms with van der Waals surface area (Å²) in [4.78, 5) is 10.8. The van der Waals surface area contributed by atoms with E-state index in [9.17, 15) is 4.79 Å². The van der Waals surface area contributed by atoms with Crippen molar-refractivity contribution in [1.29, 1.82) is 0 Å². The number of unbranched alkanes of at least 4 members (excludes halogenated alkanes) is 1. The van der Waals surface area contributed by atoms with E-state index >= 15 is 0 Å². The third-order valence-electron chi connectivity index (χ3n) is 3.14. The predicted octanol–water partition coefficient (Wildman–Crippen LogP) is 1.62. The molecule has 0 aliphatic rings. The predicted molar refractivity (Wildman–Crippen MR) is 101 cm³/mol. The Morgan fingerprint density at radius 3 is 1.30 bits per heavy atom. The highest BCUT2D eigenvalue weighted by Gasteiger charge is 1.96. The van der Waals surface area contributed by atoms with Crippen molar-refractivity contribution in [2.45, 2.75) is 19.8 Å². The second-order valence-corrected chi connectivity index (χ2v) is 5.40. The monoisotopic (exact) mass is 392 g/mol. The van der Waals surface area contributed by atoms with Gasteiger partial charge in [-0.1, -0.05) is 19.9 Å². The number of hydrogen-bond donors (Lipinski definition) is 0. The van der Waals surface area contributed by atoms with Gasteiger partial charge in [0.15, 0.2) is 0 Å². The van der Waals surface area contributed by atoms with Crippen LogP contribution < -0.4 is 0 Å². The third kappa shape index (κ3) is 22.9. The lowest BCUT2D eigenvalue weighted by atomic mass is 10.4. The topological polar surface area (TPSA) is 81.7 Å². The first-order valence-electron chi connectivity index (χ1n) is 9.57. The van der Waals surface area contributed by atoms with Crippen molar-refractivity contribution in [1.82, 2.24) is 0 Å². The summed E-state index contributed by atoms with van der Waals surface area (Å²) in [5.41, 5.74) is 0. The fourth-order valence-corrected chi connectivity index (χ4v) is 1.71. The molecular formula is C19H36O8. The molecule has 0 aliphatic carbocycles. The number of rotatable bonds is 22. The SMILES string of the molecule is C=CC(=O)OCCOCCOCCOCCOCCOCCOCCCC. The molecule has 0 amide bonds. The molecule has 0 heterocycles. The van der Waals surface area contributed by atoms with Gasteiger partial charge in [0, 0.05) is 12.7 Å². The third-order valence-corrected chi connectivity index (χ3v) is 3.14. The van der Waals surface area contributed by atoms with Crippen molar-refractivity contribution >= 4 is 5.97 Å². The van der Waals surface area contributed by atoms with Gasteiger partial charge >= 0.3 is 5.97 Å². The van der Waals surface area contributed by atoms with E-state index in [0.717, 1.165) is 25.5 Å². The van der Waals surface area contributed by atoms with E-state index in [1.54, 1.807) is 0 Å². The quantitative estimate of drug-likeness (QED) is 0.156. The van der Waals surface area contributed by atoms with E-state index in [1.807, 2.05) is 0 Å². The highest BCUT2D eigenvalue weighted by Crippen LogP contribution is 1.88. The lowest BCUT2D eigenvalue weighted by Crippen LogP contribution is -2.15. The first-order valence-corrected chi connectivity index (χ1v) is 9.57. The standard InChI is InChI=1S/C19H36O8/c1-3-5-6-21-7-8-22-9-10-23-11-12-24-13-14-25-15-16-26-17-18-27-19(20)4-2/h4H,2-3,5-18H2,1H3. The second-order valence-electron chi connectivity index (χ2n) is 5.40. The lowest BCUT2D eigenvalue weighted by molar-refractivity contribution is -0.139. The van der Waals surface area contributed by atoms with Gasteiger partial charge in [-0.25, -0.2) is 4.79 Å². The molecule has 0 fully saturated rings. The van der Waals surface area contributed by atoms with Crippen LogP contribution in [-0.4, -0.2) is 91.9 Å². The van der Waals surface area contributed by atoms with Crippen molar-refractivity contribution in [2.75, 3.05) is 85.9 Å². The van der Waals surface area contributed by atoms with Crippen molar-refractivity contribution in [3.05, 3.63) is 12.7 Å². The molecular weight excluding hydrogens is 356 g/mol. The van der Waals surface area contributed by atoms with Gasteiger partial charge in [-0.2, -0.15) is 0 Å². The van der Waals surface area contributed by atoms with E-state index in [0.29, 0.717) is 72.7 Å². The van der Waals surface area contributed by atoms with Crippen LogP contribution in [0.15, 0.2) is 12.7 Å². The summed E-state index contributed by atoms with van der Waals surface area (Å²) in [5.74, 6) is -0.448. The molecule has 0 radical (unpaired) electrons. The van der Waals surface area contributed by atoms with Crippen molar-refractivity contribution in [2.24, 2.45) is 0 Å². The maximum atomic E-state index is 10.8. The molecule has 0 spiro atoms. The average molecular weight is 392 g/mol. The van der Waals surface area contributed by atoms with Gasteiger partial charge in [-0.3, -0.25) is 0 Å². The summed E-state index contributed by atoms with van der Waals surface area (Å²) in [6.45, 7) is 12.1. The first kappa shape index (κ1) is 26.0. The minimum Gasteiger partial charge on any atom is -0.460 e. The van der Waals surface area contributed by atoms with Crippen LogP contribution in [0.25, 0.3) is 0 Å². The molecule has 0 aromatic carbocycles. The van der Waals surface area contributed by atoms with Crippen LogP contribution in [-0.2, 0) is 38.0 Å². The summed E-state index contributed by atoms with van der Waals surface area (Å²) in [5, 5.41) is 0. The molecule has 8 heteroatoms. The zero-order valence-corrected chi connectivity index (χ0v) is 16.7. The second kappa shape index (κ2) is 23.0. The minimum atomic E-state index is -0.448. The molecule has 0 aromatic rings. The highest BCUT2D eigenvalue weighted by molar-refractivity contribution is 5.81. The van der Waals surface area contributed by atoms with Crippen LogP contribution in [0, 0.1) is 0 Å². The minimum absolute atomic E-state index is 0.214. The molecule has 0 bridgehead atoms. The Kier molecular flexibility index (Phi) is 22.1. The van der Waals surface area contributed by atoms with Crippen LogP contribution >= 0.6 is 0 Å². The molecule has 0 saturated heterocycles. The molecule has 0 N–H and O–H groups in total. The summed E-state index contributed by atoms with van der Waals surface area (Å²) >= 11 is 0. The van der Waals surface area contributed by atoms with Gasteiger partial charge in [0.2, 0.25) is 0 Å². The number of esters is 1. The summed E-state index contributed by atoms with van der Waals surface area (Å²) in [7, 11) is 0. The highest BCUT2D eigenvalue weighted by atomic mass is 16.6. The molecule has 0 aliphatic heterocycles. The van der Waals surface area contributed by atoms with Gasteiger partial charge < -0.3 is 33.2 Å². The molecule has 160 valence electrons. The van der Waals surface area contributed by atoms with Gasteiger partial charge in [0.1, 0.15) is 6.61 Å². The molecule has 0 rings (SSSR count). The Balaban J connectivity index is 3.01. The maximum absolute atomic E-state index is 10.8. The average Bonchev–Trinajstić information content (AvgIpc) is 2.68. The van der Waals surface area contributed by atoms with Gasteiger partial charge in [-0.15, -0.1) is 0 Å². The Morgan fingerprint density at radius 2 is 0.963 bits per heavy atom. The number of hydrogen-bond acceptors (Lipinski definition) is 8. The maximum Gasteiger partial charge on any atom is 0.330 e. The molecule has 0 saturated carbocycles. The van der Waals surface area contributed by atoms with E-state index < -0.39 is 5.97 Å². The lowest BCUT2D eigenvalue weighted by Gasteiger charge is -2.08. The van der Waals surface area contributed by atoms with E-state index in [2.05, 4.69) is 13.5 Å². The van der Waals surface area contributed by atoms with E-state index in [4.69, 9.17) is 33.2 Å². The fourth-order valence-electron chi connectivity index (χ4n) is 1.71. The summed E-state index contributed by atoms with van der Waals surface area (Å²) < 4.78 is 36.9. The van der Waals surface area contributed by atoms with Crippen LogP contribution in [0.2, 0.25) is 0 Å². The normalized spacial score (nSPS) is 10.9.